The lowest BCUT2D eigenvalue weighted by molar-refractivity contribution is -0.143. The average Bonchev–Trinajstić information content (AvgIpc) is 2.63. The molecule has 0 saturated carbocycles. The fourth-order valence-electron chi connectivity index (χ4n) is 2.29. The Kier molecular flexibility index (Phi) is 6.73. The molecule has 160 valence electrons. The van der Waals surface area contributed by atoms with Gasteiger partial charge in [0.25, 0.3) is 0 Å². The standard InChI is InChI=1S/C18H11ClF6N2O2S/c19-14-1-3-15(4-2-14)30(28,29)16(8-26)10-27-9-11-5-12(17(20,21)22)7-13(6-11)18(23,24)25/h1-7,10,27H,9H2/b16-10+. The number of benzene rings is 2. The normalized spacial score (nSPS) is 13.1. The van der Waals surface area contributed by atoms with Crippen LogP contribution < -0.4 is 5.32 Å². The number of hydrogen-bond acceptors (Lipinski definition) is 4. The van der Waals surface area contributed by atoms with Crippen LogP contribution in [0.2, 0.25) is 5.02 Å². The predicted octanol–water partition coefficient (Wildman–Crippen LogP) is 5.31. The fraction of sp³-hybridized carbons (Fsp3) is 0.167. The van der Waals surface area contributed by atoms with Gasteiger partial charge in [-0.2, -0.15) is 31.6 Å². The number of halogens is 7. The topological polar surface area (TPSA) is 70.0 Å². The second-order valence-corrected chi connectivity index (χ2v) is 8.23. The van der Waals surface area contributed by atoms with E-state index in [2.05, 4.69) is 5.32 Å². The second-order valence-electron chi connectivity index (χ2n) is 5.87. The van der Waals surface area contributed by atoms with Crippen molar-refractivity contribution in [2.45, 2.75) is 23.8 Å². The molecule has 0 radical (unpaired) electrons. The minimum Gasteiger partial charge on any atom is -0.385 e. The van der Waals surface area contributed by atoms with E-state index in [0.29, 0.717) is 18.3 Å². The third kappa shape index (κ3) is 5.67. The zero-order chi connectivity index (χ0) is 22.7. The van der Waals surface area contributed by atoms with E-state index < -0.39 is 50.3 Å². The van der Waals surface area contributed by atoms with Gasteiger partial charge in [-0.3, -0.25) is 0 Å². The Balaban J connectivity index is 2.32. The summed E-state index contributed by atoms with van der Waals surface area (Å²) in [6.07, 6.45) is -9.32. The van der Waals surface area contributed by atoms with Crippen LogP contribution in [0.3, 0.4) is 0 Å². The van der Waals surface area contributed by atoms with E-state index in [1.165, 1.54) is 18.2 Å². The van der Waals surface area contributed by atoms with Crippen LogP contribution in [0.25, 0.3) is 0 Å². The van der Waals surface area contributed by atoms with E-state index in [-0.39, 0.29) is 16.0 Å². The van der Waals surface area contributed by atoms with Crippen LogP contribution >= 0.6 is 11.6 Å². The van der Waals surface area contributed by atoms with Crippen LogP contribution in [0.1, 0.15) is 16.7 Å². The fourth-order valence-corrected chi connectivity index (χ4v) is 3.53. The van der Waals surface area contributed by atoms with Gasteiger partial charge in [0.1, 0.15) is 6.07 Å². The highest BCUT2D eigenvalue weighted by molar-refractivity contribution is 7.95. The molecule has 1 N–H and O–H groups in total. The van der Waals surface area contributed by atoms with Gasteiger partial charge in [-0.15, -0.1) is 0 Å². The number of rotatable bonds is 5. The molecular formula is C18H11ClF6N2O2S. The van der Waals surface area contributed by atoms with Gasteiger partial charge in [-0.05, 0) is 48.0 Å². The maximum Gasteiger partial charge on any atom is 0.416 e. The van der Waals surface area contributed by atoms with Crippen LogP contribution in [-0.4, -0.2) is 8.42 Å². The summed E-state index contributed by atoms with van der Waals surface area (Å²) in [6, 6.07) is 7.24. The molecule has 2 aromatic rings. The highest BCUT2D eigenvalue weighted by atomic mass is 35.5. The lowest BCUT2D eigenvalue weighted by Crippen LogP contribution is -2.15. The van der Waals surface area contributed by atoms with Crippen molar-refractivity contribution in [1.29, 1.82) is 5.26 Å². The summed E-state index contributed by atoms with van der Waals surface area (Å²) in [6.45, 7) is -0.589. The van der Waals surface area contributed by atoms with Gasteiger partial charge >= 0.3 is 12.4 Å². The molecule has 4 nitrogen and oxygen atoms in total. The molecule has 30 heavy (non-hydrogen) atoms. The molecule has 0 fully saturated rings. The third-order valence-electron chi connectivity index (χ3n) is 3.71. The second kappa shape index (κ2) is 8.57. The molecule has 0 aromatic heterocycles. The average molecular weight is 469 g/mol. The third-order valence-corrected chi connectivity index (χ3v) is 5.64. The summed E-state index contributed by atoms with van der Waals surface area (Å²) in [5.41, 5.74) is -3.42. The van der Waals surface area contributed by atoms with Crippen molar-refractivity contribution in [3.8, 4) is 6.07 Å². The number of hydrogen-bond donors (Lipinski definition) is 1. The molecule has 0 atom stereocenters. The summed E-state index contributed by atoms with van der Waals surface area (Å²) in [5, 5.41) is 11.6. The lowest BCUT2D eigenvalue weighted by atomic mass is 10.0. The van der Waals surface area contributed by atoms with Crippen LogP contribution in [0.5, 0.6) is 0 Å². The molecule has 0 aliphatic heterocycles. The van der Waals surface area contributed by atoms with Crippen molar-refractivity contribution in [3.05, 3.63) is 75.3 Å². The molecule has 0 aliphatic rings. The first-order valence-corrected chi connectivity index (χ1v) is 9.74. The Hall–Kier alpha value is -2.71. The maximum absolute atomic E-state index is 12.9. The number of sulfone groups is 1. The van der Waals surface area contributed by atoms with Gasteiger partial charge in [-0.25, -0.2) is 8.42 Å². The highest BCUT2D eigenvalue weighted by Crippen LogP contribution is 2.36. The van der Waals surface area contributed by atoms with Gasteiger partial charge in [0.15, 0.2) is 4.91 Å². The van der Waals surface area contributed by atoms with Crippen LogP contribution in [0.15, 0.2) is 58.5 Å². The molecule has 2 aromatic carbocycles. The van der Waals surface area contributed by atoms with Gasteiger partial charge < -0.3 is 5.32 Å². The van der Waals surface area contributed by atoms with E-state index in [1.54, 1.807) is 0 Å². The number of alkyl halides is 6. The van der Waals surface area contributed by atoms with E-state index in [4.69, 9.17) is 16.9 Å². The largest absolute Gasteiger partial charge is 0.416 e. The van der Waals surface area contributed by atoms with E-state index >= 15 is 0 Å². The first-order valence-electron chi connectivity index (χ1n) is 7.88. The predicted molar refractivity (Wildman–Crippen MR) is 95.6 cm³/mol. The Bertz CT molecular complexity index is 1070. The SMILES string of the molecule is N#C/C(=C\NCc1cc(C(F)(F)F)cc(C(F)(F)F)c1)S(=O)(=O)c1ccc(Cl)cc1. The van der Waals surface area contributed by atoms with E-state index in [0.717, 1.165) is 12.1 Å². The zero-order valence-electron chi connectivity index (χ0n) is 14.6. The summed E-state index contributed by atoms with van der Waals surface area (Å²) >= 11 is 5.67. The minimum absolute atomic E-state index is 0.0228. The Labute approximate surface area is 172 Å². The molecule has 0 unspecified atom stereocenters. The Morgan fingerprint density at radius 3 is 1.93 bits per heavy atom. The molecule has 0 aliphatic carbocycles. The summed E-state index contributed by atoms with van der Waals surface area (Å²) in [7, 11) is -4.27. The number of nitrogens with one attached hydrogen (secondary N) is 1. The zero-order valence-corrected chi connectivity index (χ0v) is 16.2. The van der Waals surface area contributed by atoms with Gasteiger partial charge in [-0.1, -0.05) is 11.6 Å². The van der Waals surface area contributed by atoms with Crippen molar-refractivity contribution in [2.75, 3.05) is 0 Å². The molecular weight excluding hydrogens is 458 g/mol. The molecule has 12 heteroatoms. The van der Waals surface area contributed by atoms with Crippen molar-refractivity contribution < 1.29 is 34.8 Å². The first kappa shape index (κ1) is 23.6. The summed E-state index contributed by atoms with van der Waals surface area (Å²) in [5.74, 6) is 0. The van der Waals surface area contributed by atoms with Crippen molar-refractivity contribution >= 4 is 21.4 Å². The molecule has 2 rings (SSSR count). The monoisotopic (exact) mass is 468 g/mol. The molecule has 0 amide bonds. The minimum atomic E-state index is -5.01. The van der Waals surface area contributed by atoms with Crippen LogP contribution in [0, 0.1) is 11.3 Å². The van der Waals surface area contributed by atoms with Crippen LogP contribution in [-0.2, 0) is 28.7 Å². The van der Waals surface area contributed by atoms with E-state index in [9.17, 15) is 34.8 Å². The van der Waals surface area contributed by atoms with Crippen molar-refractivity contribution in [3.63, 3.8) is 0 Å². The summed E-state index contributed by atoms with van der Waals surface area (Å²) in [4.78, 5) is -1.05. The molecule has 0 heterocycles. The number of nitrogens with zero attached hydrogens (tertiary/aromatic N) is 1. The van der Waals surface area contributed by atoms with Crippen molar-refractivity contribution in [2.24, 2.45) is 0 Å². The Morgan fingerprint density at radius 1 is 1.00 bits per heavy atom. The first-order chi connectivity index (χ1) is 13.7. The molecule has 0 spiro atoms. The highest BCUT2D eigenvalue weighted by Gasteiger charge is 2.36. The summed E-state index contributed by atoms with van der Waals surface area (Å²) < 4.78 is 102. The van der Waals surface area contributed by atoms with Gasteiger partial charge in [0.2, 0.25) is 9.84 Å². The van der Waals surface area contributed by atoms with Gasteiger partial charge in [0.05, 0.1) is 16.0 Å². The maximum atomic E-state index is 12.9. The van der Waals surface area contributed by atoms with Crippen molar-refractivity contribution in [1.82, 2.24) is 5.32 Å². The lowest BCUT2D eigenvalue weighted by Gasteiger charge is -2.14. The number of allylic oxidation sites excluding steroid dienone is 1. The quantitative estimate of drug-likeness (QED) is 0.477. The van der Waals surface area contributed by atoms with Crippen LogP contribution in [0.4, 0.5) is 26.3 Å². The number of nitriles is 1. The molecule has 0 bridgehead atoms. The Morgan fingerprint density at radius 2 is 1.50 bits per heavy atom. The molecule has 0 saturated heterocycles. The smallest absolute Gasteiger partial charge is 0.385 e. The van der Waals surface area contributed by atoms with Gasteiger partial charge in [0, 0.05) is 17.8 Å². The van der Waals surface area contributed by atoms with E-state index in [1.807, 2.05) is 0 Å².